The van der Waals surface area contributed by atoms with E-state index in [1.165, 1.54) is 0 Å². The summed E-state index contributed by atoms with van der Waals surface area (Å²) >= 11 is 0. The summed E-state index contributed by atoms with van der Waals surface area (Å²) in [5.74, 6) is 0.501. The van der Waals surface area contributed by atoms with Gasteiger partial charge in [0.25, 0.3) is 0 Å². The average Bonchev–Trinajstić information content (AvgIpc) is 2.88. The maximum absolute atomic E-state index is 12.1. The first-order valence-electron chi connectivity index (χ1n) is 6.55. The molecule has 1 N–H and O–H groups in total. The van der Waals surface area contributed by atoms with Gasteiger partial charge in [-0.05, 0) is 30.9 Å². The second-order valence-electron chi connectivity index (χ2n) is 5.07. The van der Waals surface area contributed by atoms with Gasteiger partial charge in [-0.2, -0.15) is 0 Å². The average molecular weight is 246 g/mol. The molecule has 4 nitrogen and oxygen atoms in total. The monoisotopic (exact) mass is 246 g/mol. The van der Waals surface area contributed by atoms with Crippen molar-refractivity contribution in [3.8, 4) is 0 Å². The van der Waals surface area contributed by atoms with Crippen molar-refractivity contribution in [3.05, 3.63) is 34.7 Å². The molecule has 2 heterocycles. The molecule has 3 atom stereocenters. The minimum Gasteiger partial charge on any atom is -0.354 e. The van der Waals surface area contributed by atoms with Gasteiger partial charge in [-0.15, -0.1) is 0 Å². The highest BCUT2D eigenvalue weighted by Gasteiger charge is 2.33. The van der Waals surface area contributed by atoms with Crippen LogP contribution in [0.3, 0.4) is 0 Å². The zero-order valence-corrected chi connectivity index (χ0v) is 10.7. The van der Waals surface area contributed by atoms with Gasteiger partial charge in [0.2, 0.25) is 0 Å². The fourth-order valence-electron chi connectivity index (χ4n) is 2.89. The minimum atomic E-state index is -0.131. The summed E-state index contributed by atoms with van der Waals surface area (Å²) in [7, 11) is 0. The van der Waals surface area contributed by atoms with Crippen LogP contribution < -0.4 is 5.69 Å². The summed E-state index contributed by atoms with van der Waals surface area (Å²) in [5.41, 5.74) is 1.72. The molecule has 0 radical (unpaired) electrons. The highest BCUT2D eigenvalue weighted by atomic mass is 16.5. The van der Waals surface area contributed by atoms with E-state index in [0.29, 0.717) is 5.92 Å². The first-order valence-corrected chi connectivity index (χ1v) is 6.55. The van der Waals surface area contributed by atoms with Crippen molar-refractivity contribution < 1.29 is 4.74 Å². The number of rotatable bonds is 2. The Bertz CT molecular complexity index is 614. The molecule has 0 aliphatic carbocycles. The van der Waals surface area contributed by atoms with Crippen LogP contribution in [0, 0.1) is 5.92 Å². The molecule has 1 aliphatic heterocycles. The topological polar surface area (TPSA) is 47.0 Å². The molecule has 1 aliphatic rings. The van der Waals surface area contributed by atoms with Gasteiger partial charge >= 0.3 is 5.69 Å². The van der Waals surface area contributed by atoms with Crippen LogP contribution in [0.1, 0.15) is 32.9 Å². The van der Waals surface area contributed by atoms with Crippen LogP contribution in [0.4, 0.5) is 0 Å². The summed E-state index contributed by atoms with van der Waals surface area (Å²) in [6, 6.07) is 7.75. The third kappa shape index (κ3) is 1.68. The van der Waals surface area contributed by atoms with Crippen molar-refractivity contribution in [1.82, 2.24) is 9.55 Å². The minimum absolute atomic E-state index is 0.0786. The van der Waals surface area contributed by atoms with Crippen LogP contribution in [0.15, 0.2) is 29.1 Å². The van der Waals surface area contributed by atoms with Gasteiger partial charge < -0.3 is 9.72 Å². The quantitative estimate of drug-likeness (QED) is 0.885. The molecular formula is C14H18N2O2. The summed E-state index contributed by atoms with van der Waals surface area (Å²) in [5, 5.41) is 0. The molecular weight excluding hydrogens is 228 g/mol. The lowest BCUT2D eigenvalue weighted by molar-refractivity contribution is -0.00436. The Balaban J connectivity index is 2.05. The number of hydrogen-bond donors (Lipinski definition) is 1. The van der Waals surface area contributed by atoms with Crippen molar-refractivity contribution in [2.24, 2.45) is 5.92 Å². The van der Waals surface area contributed by atoms with Crippen LogP contribution in [-0.4, -0.2) is 15.7 Å². The molecule has 0 spiro atoms. The predicted molar refractivity (Wildman–Crippen MR) is 70.5 cm³/mol. The molecule has 1 aromatic carbocycles. The third-order valence-electron chi connectivity index (χ3n) is 3.85. The lowest BCUT2D eigenvalue weighted by Crippen LogP contribution is -2.22. The molecule has 2 unspecified atom stereocenters. The van der Waals surface area contributed by atoms with E-state index in [1.807, 2.05) is 24.3 Å². The molecule has 0 bridgehead atoms. The van der Waals surface area contributed by atoms with Crippen molar-refractivity contribution in [3.63, 3.8) is 0 Å². The Hall–Kier alpha value is -1.55. The molecule has 3 rings (SSSR count). The van der Waals surface area contributed by atoms with E-state index in [9.17, 15) is 4.79 Å². The lowest BCUT2D eigenvalue weighted by Gasteiger charge is -2.14. The number of para-hydroxylation sites is 2. The third-order valence-corrected chi connectivity index (χ3v) is 3.85. The standard InChI is InChI=1S/C14H18N2O2/c1-3-12-9(2)8-13(18-12)16-11-7-5-4-6-10(11)15-14(16)17/h4-7,9,12-13H,3,8H2,1-2H3,(H,15,17)/t9-,12?,13?/m1/s1. The van der Waals surface area contributed by atoms with Crippen molar-refractivity contribution >= 4 is 11.0 Å². The van der Waals surface area contributed by atoms with E-state index < -0.39 is 0 Å². The van der Waals surface area contributed by atoms with Crippen LogP contribution in [0.25, 0.3) is 11.0 Å². The van der Waals surface area contributed by atoms with Gasteiger partial charge in [-0.3, -0.25) is 4.57 Å². The zero-order valence-electron chi connectivity index (χ0n) is 10.7. The number of ether oxygens (including phenoxy) is 1. The zero-order chi connectivity index (χ0) is 12.7. The van der Waals surface area contributed by atoms with Gasteiger partial charge in [-0.25, -0.2) is 4.79 Å². The van der Waals surface area contributed by atoms with E-state index in [1.54, 1.807) is 4.57 Å². The Morgan fingerprint density at radius 2 is 2.22 bits per heavy atom. The normalized spacial score (nSPS) is 28.0. The van der Waals surface area contributed by atoms with E-state index in [-0.39, 0.29) is 18.0 Å². The Morgan fingerprint density at radius 1 is 1.44 bits per heavy atom. The highest BCUT2D eigenvalue weighted by Crippen LogP contribution is 2.35. The summed E-state index contributed by atoms with van der Waals surface area (Å²) in [6.07, 6.45) is 2.03. The molecule has 1 aromatic heterocycles. The van der Waals surface area contributed by atoms with E-state index in [0.717, 1.165) is 23.9 Å². The second kappa shape index (κ2) is 4.28. The lowest BCUT2D eigenvalue weighted by atomic mass is 10.0. The number of aromatic amines is 1. The fourth-order valence-corrected chi connectivity index (χ4v) is 2.89. The molecule has 2 aromatic rings. The Kier molecular flexibility index (Phi) is 2.74. The fraction of sp³-hybridized carbons (Fsp3) is 0.500. The maximum atomic E-state index is 12.1. The first kappa shape index (κ1) is 11.5. The molecule has 1 saturated heterocycles. The number of H-pyrrole nitrogens is 1. The molecule has 1 fully saturated rings. The van der Waals surface area contributed by atoms with Crippen LogP contribution in [-0.2, 0) is 4.74 Å². The van der Waals surface area contributed by atoms with Gasteiger partial charge in [0, 0.05) is 0 Å². The molecule has 0 amide bonds. The van der Waals surface area contributed by atoms with Crippen LogP contribution >= 0.6 is 0 Å². The van der Waals surface area contributed by atoms with E-state index >= 15 is 0 Å². The van der Waals surface area contributed by atoms with E-state index in [4.69, 9.17) is 4.74 Å². The number of imidazole rings is 1. The molecule has 0 saturated carbocycles. The largest absolute Gasteiger partial charge is 0.354 e. The summed E-state index contributed by atoms with van der Waals surface area (Å²) in [6.45, 7) is 4.32. The predicted octanol–water partition coefficient (Wildman–Crippen LogP) is 2.66. The number of benzene rings is 1. The van der Waals surface area contributed by atoms with Gasteiger partial charge in [0.15, 0.2) is 0 Å². The number of nitrogens with one attached hydrogen (secondary N) is 1. The second-order valence-corrected chi connectivity index (χ2v) is 5.07. The summed E-state index contributed by atoms with van der Waals surface area (Å²) in [4.78, 5) is 14.9. The van der Waals surface area contributed by atoms with Crippen molar-refractivity contribution in [2.75, 3.05) is 0 Å². The van der Waals surface area contributed by atoms with Gasteiger partial charge in [0.05, 0.1) is 17.1 Å². The SMILES string of the molecule is CCC1OC(n2c(=O)[nH]c3ccccc32)C[C@H]1C. The number of hydrogen-bond acceptors (Lipinski definition) is 2. The Labute approximate surface area is 106 Å². The van der Waals surface area contributed by atoms with Crippen LogP contribution in [0.2, 0.25) is 0 Å². The number of fused-ring (bicyclic) bond motifs is 1. The first-order chi connectivity index (χ1) is 8.70. The number of aromatic nitrogens is 2. The van der Waals surface area contributed by atoms with Crippen molar-refractivity contribution in [2.45, 2.75) is 39.0 Å². The number of nitrogens with zero attached hydrogens (tertiary/aromatic N) is 1. The van der Waals surface area contributed by atoms with Crippen molar-refractivity contribution in [1.29, 1.82) is 0 Å². The maximum Gasteiger partial charge on any atom is 0.328 e. The Morgan fingerprint density at radius 3 is 2.94 bits per heavy atom. The van der Waals surface area contributed by atoms with Gasteiger partial charge in [-0.1, -0.05) is 26.0 Å². The molecule has 96 valence electrons. The van der Waals surface area contributed by atoms with Crippen LogP contribution in [0.5, 0.6) is 0 Å². The highest BCUT2D eigenvalue weighted by molar-refractivity contribution is 5.75. The smallest absolute Gasteiger partial charge is 0.328 e. The molecule has 18 heavy (non-hydrogen) atoms. The van der Waals surface area contributed by atoms with E-state index in [2.05, 4.69) is 18.8 Å². The molecule has 4 heteroatoms. The van der Waals surface area contributed by atoms with Gasteiger partial charge in [0.1, 0.15) is 6.23 Å². The summed E-state index contributed by atoms with van der Waals surface area (Å²) < 4.78 is 7.75.